The summed E-state index contributed by atoms with van der Waals surface area (Å²) in [5, 5.41) is 0. The van der Waals surface area contributed by atoms with Gasteiger partial charge in [0.25, 0.3) is 5.91 Å². The zero-order valence-corrected chi connectivity index (χ0v) is 14.0. The van der Waals surface area contributed by atoms with Crippen molar-refractivity contribution in [3.63, 3.8) is 0 Å². The number of carbonyl (C=O) groups excluding carboxylic acids is 1. The minimum atomic E-state index is -0.424. The van der Waals surface area contributed by atoms with Gasteiger partial charge in [-0.2, -0.15) is 0 Å². The lowest BCUT2D eigenvalue weighted by Gasteiger charge is -2.28. The lowest BCUT2D eigenvalue weighted by Crippen LogP contribution is -2.44. The van der Waals surface area contributed by atoms with Gasteiger partial charge in [0.05, 0.1) is 32.5 Å². The third-order valence-corrected chi connectivity index (χ3v) is 4.38. The number of nitrogens with zero attached hydrogens (tertiary/aromatic N) is 2. The molecule has 1 atom stereocenters. The summed E-state index contributed by atoms with van der Waals surface area (Å²) in [7, 11) is 3.93. The normalized spacial score (nSPS) is 22.6. The molecular weight excluding hydrogens is 284 g/mol. The summed E-state index contributed by atoms with van der Waals surface area (Å²) in [6.07, 6.45) is 4.81. The summed E-state index contributed by atoms with van der Waals surface area (Å²) in [5.74, 6) is 0.0238. The van der Waals surface area contributed by atoms with Crippen LogP contribution >= 0.6 is 0 Å². The Hall–Kier alpha value is -0.690. The van der Waals surface area contributed by atoms with Crippen LogP contribution in [0, 0.1) is 0 Å². The molecule has 1 amide bonds. The van der Waals surface area contributed by atoms with Gasteiger partial charge in [-0.3, -0.25) is 4.79 Å². The molecule has 2 rings (SSSR count). The van der Waals surface area contributed by atoms with Crippen molar-refractivity contribution >= 4 is 5.91 Å². The highest BCUT2D eigenvalue weighted by Crippen LogP contribution is 2.21. The average molecular weight is 314 g/mol. The van der Waals surface area contributed by atoms with E-state index in [0.29, 0.717) is 25.9 Å². The monoisotopic (exact) mass is 314 g/mol. The van der Waals surface area contributed by atoms with E-state index in [0.717, 1.165) is 32.7 Å². The van der Waals surface area contributed by atoms with E-state index in [4.69, 9.17) is 14.2 Å². The lowest BCUT2D eigenvalue weighted by atomic mass is 9.96. The number of hydrogen-bond acceptors (Lipinski definition) is 5. The first kappa shape index (κ1) is 17.7. The fourth-order valence-corrected chi connectivity index (χ4v) is 2.59. The van der Waals surface area contributed by atoms with Crippen molar-refractivity contribution in [3.05, 3.63) is 0 Å². The molecule has 1 saturated heterocycles. The van der Waals surface area contributed by atoms with E-state index in [2.05, 4.69) is 11.9 Å². The van der Waals surface area contributed by atoms with Crippen molar-refractivity contribution in [2.75, 3.05) is 60.2 Å². The van der Waals surface area contributed by atoms with Gasteiger partial charge in [-0.15, -0.1) is 0 Å². The molecule has 0 aromatic rings. The lowest BCUT2D eigenvalue weighted by molar-refractivity contribution is -0.156. The smallest absolute Gasteiger partial charge is 0.253 e. The number of carbonyl (C=O) groups is 1. The van der Waals surface area contributed by atoms with E-state index in [1.54, 1.807) is 4.90 Å². The number of amides is 1. The van der Waals surface area contributed by atoms with Crippen LogP contribution in [0.1, 0.15) is 25.7 Å². The summed E-state index contributed by atoms with van der Waals surface area (Å²) in [4.78, 5) is 16.2. The molecule has 2 fully saturated rings. The molecule has 2 aliphatic rings. The molecule has 1 aliphatic heterocycles. The minimum Gasteiger partial charge on any atom is -0.377 e. The molecule has 0 bridgehead atoms. The van der Waals surface area contributed by atoms with Gasteiger partial charge < -0.3 is 24.0 Å². The van der Waals surface area contributed by atoms with E-state index in [9.17, 15) is 4.79 Å². The minimum absolute atomic E-state index is 0.0238. The maximum absolute atomic E-state index is 12.1. The standard InChI is InChI=1S/C16H30N2O4/c1-17(9-10-21-14-5-3-6-14)7-4-8-18(2)16(19)15-13-20-11-12-22-15/h14-15H,3-13H2,1-2H3. The third kappa shape index (κ3) is 5.83. The van der Waals surface area contributed by atoms with Crippen molar-refractivity contribution in [3.8, 4) is 0 Å². The molecule has 128 valence electrons. The van der Waals surface area contributed by atoms with Gasteiger partial charge in [0.15, 0.2) is 6.10 Å². The first-order valence-electron chi connectivity index (χ1n) is 8.41. The Labute approximate surface area is 133 Å². The Morgan fingerprint density at radius 1 is 1.18 bits per heavy atom. The van der Waals surface area contributed by atoms with E-state index in [1.165, 1.54) is 19.3 Å². The maximum atomic E-state index is 12.1. The first-order chi connectivity index (χ1) is 10.7. The quantitative estimate of drug-likeness (QED) is 0.629. The van der Waals surface area contributed by atoms with Crippen molar-refractivity contribution < 1.29 is 19.0 Å². The van der Waals surface area contributed by atoms with Crippen molar-refractivity contribution in [1.29, 1.82) is 0 Å². The molecule has 0 spiro atoms. The molecule has 6 nitrogen and oxygen atoms in total. The Morgan fingerprint density at radius 3 is 2.64 bits per heavy atom. The molecule has 0 aromatic heterocycles. The average Bonchev–Trinajstić information content (AvgIpc) is 2.49. The van der Waals surface area contributed by atoms with Crippen LogP contribution in [0.5, 0.6) is 0 Å². The van der Waals surface area contributed by atoms with Crippen molar-refractivity contribution in [2.45, 2.75) is 37.9 Å². The maximum Gasteiger partial charge on any atom is 0.253 e. The van der Waals surface area contributed by atoms with E-state index in [-0.39, 0.29) is 5.91 Å². The Kier molecular flexibility index (Phi) is 7.59. The molecule has 1 saturated carbocycles. The van der Waals surface area contributed by atoms with Gasteiger partial charge in [0.2, 0.25) is 0 Å². The number of likely N-dealkylation sites (N-methyl/N-ethyl adjacent to an activating group) is 2. The van der Waals surface area contributed by atoms with Gasteiger partial charge in [-0.05, 0) is 39.3 Å². The summed E-state index contributed by atoms with van der Waals surface area (Å²) in [5.41, 5.74) is 0. The van der Waals surface area contributed by atoms with Crippen LogP contribution in [0.4, 0.5) is 0 Å². The fourth-order valence-electron chi connectivity index (χ4n) is 2.59. The summed E-state index contributed by atoms with van der Waals surface area (Å²) < 4.78 is 16.5. The molecule has 0 radical (unpaired) electrons. The first-order valence-corrected chi connectivity index (χ1v) is 8.41. The molecule has 0 aromatic carbocycles. The summed E-state index contributed by atoms with van der Waals surface area (Å²) in [6.45, 7) is 4.94. The zero-order valence-electron chi connectivity index (χ0n) is 14.0. The third-order valence-electron chi connectivity index (χ3n) is 4.38. The molecule has 1 aliphatic carbocycles. The van der Waals surface area contributed by atoms with Crippen molar-refractivity contribution in [2.24, 2.45) is 0 Å². The largest absolute Gasteiger partial charge is 0.377 e. The SMILES string of the molecule is CN(CCCN(C)C(=O)C1COCCO1)CCOC1CCC1. The zero-order chi connectivity index (χ0) is 15.8. The fraction of sp³-hybridized carbons (Fsp3) is 0.938. The highest BCUT2D eigenvalue weighted by atomic mass is 16.6. The molecule has 1 heterocycles. The Bertz CT molecular complexity index is 330. The molecule has 22 heavy (non-hydrogen) atoms. The van der Waals surface area contributed by atoms with Gasteiger partial charge >= 0.3 is 0 Å². The van der Waals surface area contributed by atoms with Gasteiger partial charge in [0.1, 0.15) is 0 Å². The molecule has 6 heteroatoms. The van der Waals surface area contributed by atoms with Gasteiger partial charge in [-0.1, -0.05) is 0 Å². The van der Waals surface area contributed by atoms with E-state index < -0.39 is 6.10 Å². The van der Waals surface area contributed by atoms with Crippen LogP contribution in [-0.2, 0) is 19.0 Å². The Balaban J connectivity index is 1.51. The van der Waals surface area contributed by atoms with Gasteiger partial charge in [0, 0.05) is 20.1 Å². The number of rotatable bonds is 9. The van der Waals surface area contributed by atoms with Gasteiger partial charge in [-0.25, -0.2) is 0 Å². The van der Waals surface area contributed by atoms with Crippen LogP contribution in [0.2, 0.25) is 0 Å². The molecule has 1 unspecified atom stereocenters. The second-order valence-electron chi connectivity index (χ2n) is 6.27. The van der Waals surface area contributed by atoms with Crippen LogP contribution < -0.4 is 0 Å². The second kappa shape index (κ2) is 9.45. The summed E-state index contributed by atoms with van der Waals surface area (Å²) in [6, 6.07) is 0. The van der Waals surface area contributed by atoms with E-state index >= 15 is 0 Å². The number of ether oxygens (including phenoxy) is 3. The second-order valence-corrected chi connectivity index (χ2v) is 6.27. The number of hydrogen-bond donors (Lipinski definition) is 0. The molecular formula is C16H30N2O4. The predicted molar refractivity (Wildman–Crippen MR) is 83.9 cm³/mol. The predicted octanol–water partition coefficient (Wildman–Crippen LogP) is 0.751. The van der Waals surface area contributed by atoms with Crippen LogP contribution in [0.3, 0.4) is 0 Å². The summed E-state index contributed by atoms with van der Waals surface area (Å²) >= 11 is 0. The highest BCUT2D eigenvalue weighted by molar-refractivity contribution is 5.80. The van der Waals surface area contributed by atoms with E-state index in [1.807, 2.05) is 7.05 Å². The van der Waals surface area contributed by atoms with Crippen LogP contribution in [0.25, 0.3) is 0 Å². The Morgan fingerprint density at radius 2 is 2.00 bits per heavy atom. The van der Waals surface area contributed by atoms with Crippen molar-refractivity contribution in [1.82, 2.24) is 9.80 Å². The van der Waals surface area contributed by atoms with Crippen LogP contribution in [0.15, 0.2) is 0 Å². The topological polar surface area (TPSA) is 51.2 Å². The van der Waals surface area contributed by atoms with Crippen LogP contribution in [-0.4, -0.2) is 88.1 Å². The highest BCUT2D eigenvalue weighted by Gasteiger charge is 2.25. The molecule has 0 N–H and O–H groups in total.